The summed E-state index contributed by atoms with van der Waals surface area (Å²) in [6, 6.07) is 6.40. The summed E-state index contributed by atoms with van der Waals surface area (Å²) in [4.78, 5) is 38.0. The highest BCUT2D eigenvalue weighted by Crippen LogP contribution is 2.26. The Bertz CT molecular complexity index is 701. The lowest BCUT2D eigenvalue weighted by Gasteiger charge is -2.34. The van der Waals surface area contributed by atoms with Crippen molar-refractivity contribution in [3.63, 3.8) is 0 Å². The predicted octanol–water partition coefficient (Wildman–Crippen LogP) is 0.941. The number of nitrogens with one attached hydrogen (secondary N) is 2. The van der Waals surface area contributed by atoms with Crippen LogP contribution >= 0.6 is 0 Å². The normalized spacial score (nSPS) is 27.6. The third kappa shape index (κ3) is 3.24. The number of carbonyl (C=O) groups excluding carboxylic acids is 3. The van der Waals surface area contributed by atoms with Gasteiger partial charge in [-0.1, -0.05) is 12.1 Å². The molecule has 4 amide bonds. The SMILES string of the molecule is C[C@H](N)[C@H]1CCCN(C(=O)c2ccc([C@]3(C)NC(=O)NC3=O)cc2)C1. The van der Waals surface area contributed by atoms with Crippen LogP contribution in [0, 0.1) is 5.92 Å². The topological polar surface area (TPSA) is 105 Å². The van der Waals surface area contributed by atoms with E-state index in [2.05, 4.69) is 10.6 Å². The Labute approximate surface area is 146 Å². The fourth-order valence-electron chi connectivity index (χ4n) is 3.50. The van der Waals surface area contributed by atoms with Crippen LogP contribution in [-0.2, 0) is 10.3 Å². The van der Waals surface area contributed by atoms with Gasteiger partial charge in [-0.2, -0.15) is 0 Å². The summed E-state index contributed by atoms with van der Waals surface area (Å²) < 4.78 is 0. The van der Waals surface area contributed by atoms with Gasteiger partial charge in [-0.25, -0.2) is 4.79 Å². The van der Waals surface area contributed by atoms with Crippen molar-refractivity contribution in [3.8, 4) is 0 Å². The van der Waals surface area contributed by atoms with Crippen LogP contribution in [0.15, 0.2) is 24.3 Å². The molecule has 0 radical (unpaired) electrons. The highest BCUT2D eigenvalue weighted by molar-refractivity contribution is 6.07. The van der Waals surface area contributed by atoms with Crippen LogP contribution in [0.3, 0.4) is 0 Å². The lowest BCUT2D eigenvalue weighted by molar-refractivity contribution is -0.123. The van der Waals surface area contributed by atoms with E-state index in [1.807, 2.05) is 11.8 Å². The molecular weight excluding hydrogens is 320 g/mol. The first-order chi connectivity index (χ1) is 11.8. The van der Waals surface area contributed by atoms with Gasteiger partial charge in [0.05, 0.1) is 0 Å². The van der Waals surface area contributed by atoms with Crippen molar-refractivity contribution in [3.05, 3.63) is 35.4 Å². The van der Waals surface area contributed by atoms with Crippen LogP contribution in [0.4, 0.5) is 4.79 Å². The summed E-state index contributed by atoms with van der Waals surface area (Å²) in [5, 5.41) is 4.85. The Kier molecular flexibility index (Phi) is 4.51. The Morgan fingerprint density at radius 1 is 1.32 bits per heavy atom. The molecule has 2 fully saturated rings. The minimum absolute atomic E-state index is 0.0260. The zero-order valence-electron chi connectivity index (χ0n) is 14.5. The standard InChI is InChI=1S/C18H24N4O3/c1-11(19)13-4-3-9-22(10-13)15(23)12-5-7-14(8-6-12)18(2)16(24)20-17(25)21-18/h5-8,11,13H,3-4,9-10,19H2,1-2H3,(H2,20,21,24,25)/t11-,13-,18-/m0/s1. The van der Waals surface area contributed by atoms with E-state index in [1.165, 1.54) is 0 Å². The Balaban J connectivity index is 1.75. The van der Waals surface area contributed by atoms with Gasteiger partial charge in [-0.3, -0.25) is 14.9 Å². The summed E-state index contributed by atoms with van der Waals surface area (Å²) in [5.41, 5.74) is 6.09. The van der Waals surface area contributed by atoms with Gasteiger partial charge < -0.3 is 16.0 Å². The van der Waals surface area contributed by atoms with Crippen LogP contribution < -0.4 is 16.4 Å². The third-order valence-corrected chi connectivity index (χ3v) is 5.24. The quantitative estimate of drug-likeness (QED) is 0.710. The first-order valence-corrected chi connectivity index (χ1v) is 8.60. The molecule has 0 aliphatic carbocycles. The van der Waals surface area contributed by atoms with E-state index in [9.17, 15) is 14.4 Å². The number of hydrogen-bond donors (Lipinski definition) is 3. The molecule has 0 saturated carbocycles. The Morgan fingerprint density at radius 2 is 2.00 bits per heavy atom. The molecule has 1 aromatic rings. The van der Waals surface area contributed by atoms with Crippen molar-refractivity contribution < 1.29 is 14.4 Å². The van der Waals surface area contributed by atoms with Crippen molar-refractivity contribution in [1.82, 2.24) is 15.5 Å². The highest BCUT2D eigenvalue weighted by Gasteiger charge is 2.43. The summed E-state index contributed by atoms with van der Waals surface area (Å²) in [6.45, 7) is 5.03. The van der Waals surface area contributed by atoms with E-state index in [1.54, 1.807) is 31.2 Å². The van der Waals surface area contributed by atoms with Crippen LogP contribution in [0.1, 0.15) is 42.6 Å². The number of hydrogen-bond acceptors (Lipinski definition) is 4. The summed E-state index contributed by atoms with van der Waals surface area (Å²) >= 11 is 0. The van der Waals surface area contributed by atoms with Crippen molar-refractivity contribution in [2.75, 3.05) is 13.1 Å². The van der Waals surface area contributed by atoms with Gasteiger partial charge in [-0.05, 0) is 50.3 Å². The molecule has 1 aromatic carbocycles. The molecule has 134 valence electrons. The Morgan fingerprint density at radius 3 is 2.56 bits per heavy atom. The molecule has 2 heterocycles. The molecule has 2 aliphatic rings. The van der Waals surface area contributed by atoms with Crippen molar-refractivity contribution in [1.29, 1.82) is 0 Å². The summed E-state index contributed by atoms with van der Waals surface area (Å²) in [5.74, 6) is -0.0948. The number of nitrogens with zero attached hydrogens (tertiary/aromatic N) is 1. The first-order valence-electron chi connectivity index (χ1n) is 8.60. The molecule has 25 heavy (non-hydrogen) atoms. The molecule has 3 rings (SSSR count). The lowest BCUT2D eigenvalue weighted by Crippen LogP contribution is -2.45. The minimum atomic E-state index is -1.11. The zero-order chi connectivity index (χ0) is 18.2. The number of piperidine rings is 1. The monoisotopic (exact) mass is 344 g/mol. The van der Waals surface area contributed by atoms with Gasteiger partial charge in [0.2, 0.25) is 0 Å². The number of nitrogens with two attached hydrogens (primary N) is 1. The van der Waals surface area contributed by atoms with Crippen LogP contribution in [0.2, 0.25) is 0 Å². The molecule has 0 aromatic heterocycles. The number of amides is 4. The molecule has 3 atom stereocenters. The van der Waals surface area contributed by atoms with Crippen LogP contribution in [-0.4, -0.2) is 41.9 Å². The largest absolute Gasteiger partial charge is 0.338 e. The summed E-state index contributed by atoms with van der Waals surface area (Å²) in [7, 11) is 0. The molecule has 7 heteroatoms. The second-order valence-corrected chi connectivity index (χ2v) is 7.12. The van der Waals surface area contributed by atoms with E-state index in [0.717, 1.165) is 19.4 Å². The average molecular weight is 344 g/mol. The fourth-order valence-corrected chi connectivity index (χ4v) is 3.50. The van der Waals surface area contributed by atoms with E-state index in [4.69, 9.17) is 5.73 Å². The molecule has 0 spiro atoms. The van der Waals surface area contributed by atoms with Crippen molar-refractivity contribution >= 4 is 17.8 Å². The third-order valence-electron chi connectivity index (χ3n) is 5.24. The van der Waals surface area contributed by atoms with E-state index < -0.39 is 17.5 Å². The number of rotatable bonds is 3. The smallest absolute Gasteiger partial charge is 0.322 e. The molecule has 7 nitrogen and oxygen atoms in total. The number of likely N-dealkylation sites (tertiary alicyclic amines) is 1. The molecule has 4 N–H and O–H groups in total. The van der Waals surface area contributed by atoms with E-state index in [0.29, 0.717) is 23.6 Å². The maximum atomic E-state index is 12.7. The number of carbonyl (C=O) groups is 3. The molecule has 0 unspecified atom stereocenters. The van der Waals surface area contributed by atoms with Gasteiger partial charge in [0.25, 0.3) is 11.8 Å². The molecule has 2 saturated heterocycles. The highest BCUT2D eigenvalue weighted by atomic mass is 16.2. The van der Waals surface area contributed by atoms with Gasteiger partial charge in [0.1, 0.15) is 5.54 Å². The molecule has 0 bridgehead atoms. The number of imide groups is 1. The predicted molar refractivity (Wildman–Crippen MR) is 92.7 cm³/mol. The minimum Gasteiger partial charge on any atom is -0.338 e. The van der Waals surface area contributed by atoms with Crippen molar-refractivity contribution in [2.45, 2.75) is 38.3 Å². The lowest BCUT2D eigenvalue weighted by atomic mass is 9.90. The van der Waals surface area contributed by atoms with Crippen LogP contribution in [0.5, 0.6) is 0 Å². The number of urea groups is 1. The zero-order valence-corrected chi connectivity index (χ0v) is 14.5. The van der Waals surface area contributed by atoms with Gasteiger partial charge in [0.15, 0.2) is 0 Å². The maximum absolute atomic E-state index is 12.7. The Hall–Kier alpha value is -2.41. The first kappa shape index (κ1) is 17.4. The van der Waals surface area contributed by atoms with Crippen LogP contribution in [0.25, 0.3) is 0 Å². The van der Waals surface area contributed by atoms with Gasteiger partial charge in [0, 0.05) is 24.7 Å². The molecule has 2 aliphatic heterocycles. The van der Waals surface area contributed by atoms with Gasteiger partial charge in [-0.15, -0.1) is 0 Å². The fraction of sp³-hybridized carbons (Fsp3) is 0.500. The van der Waals surface area contributed by atoms with E-state index in [-0.39, 0.29) is 11.9 Å². The average Bonchev–Trinajstić information content (AvgIpc) is 2.87. The second kappa shape index (κ2) is 6.48. The van der Waals surface area contributed by atoms with Gasteiger partial charge >= 0.3 is 6.03 Å². The molecular formula is C18H24N4O3. The summed E-state index contributed by atoms with van der Waals surface area (Å²) in [6.07, 6.45) is 2.01. The maximum Gasteiger partial charge on any atom is 0.322 e. The van der Waals surface area contributed by atoms with Crippen molar-refractivity contribution in [2.24, 2.45) is 11.7 Å². The second-order valence-electron chi connectivity index (χ2n) is 7.12. The van der Waals surface area contributed by atoms with E-state index >= 15 is 0 Å². The number of benzene rings is 1.